The van der Waals surface area contributed by atoms with Crippen LogP contribution in [-0.2, 0) is 27.9 Å². The van der Waals surface area contributed by atoms with Crippen LogP contribution in [0.25, 0.3) is 0 Å². The molecule has 0 radical (unpaired) electrons. The molecule has 0 saturated carbocycles. The van der Waals surface area contributed by atoms with E-state index in [1.54, 1.807) is 0 Å². The van der Waals surface area contributed by atoms with E-state index in [0.29, 0.717) is 6.42 Å². The molecule has 52 heavy (non-hydrogen) atoms. The Morgan fingerprint density at radius 1 is 0.596 bits per heavy atom. The van der Waals surface area contributed by atoms with Crippen LogP contribution in [0, 0.1) is 0 Å². The topological polar surface area (TPSA) is 131 Å². The first-order chi connectivity index (χ1) is 25.3. The van der Waals surface area contributed by atoms with Crippen LogP contribution < -0.4 is 5.32 Å². The molecule has 10 heteroatoms. The van der Waals surface area contributed by atoms with E-state index in [1.165, 1.54) is 128 Å². The van der Waals surface area contributed by atoms with Crippen molar-refractivity contribution in [1.82, 2.24) is 5.32 Å². The molecule has 0 aliphatic heterocycles. The number of aliphatic hydroxyl groups is 1. The summed E-state index contributed by atoms with van der Waals surface area (Å²) < 4.78 is 26.8. The number of nitrogens with one attached hydrogen (secondary N) is 1. The van der Waals surface area contributed by atoms with E-state index in [0.717, 1.165) is 44.9 Å². The van der Waals surface area contributed by atoms with Gasteiger partial charge in [-0.25, -0.2) is 4.57 Å². The van der Waals surface area contributed by atoms with Gasteiger partial charge in [0.2, 0.25) is 5.91 Å². The highest BCUT2D eigenvalue weighted by Gasteiger charge is 2.23. The van der Waals surface area contributed by atoms with Crippen LogP contribution in [0.15, 0.2) is 24.3 Å². The average molecular weight is 758 g/mol. The number of amides is 1. The van der Waals surface area contributed by atoms with E-state index >= 15 is 0 Å². The Labute approximate surface area is 319 Å². The molecule has 9 nitrogen and oxygen atoms in total. The first-order valence-corrected chi connectivity index (χ1v) is 22.8. The molecular formula is C42H80NO8P. The Balaban J connectivity index is 3.54. The Bertz CT molecular complexity index is 912. The first-order valence-electron chi connectivity index (χ1n) is 21.3. The normalized spacial score (nSPS) is 13.5. The summed E-state index contributed by atoms with van der Waals surface area (Å²) in [7, 11) is -4.40. The first kappa shape index (κ1) is 50.5. The van der Waals surface area contributed by atoms with E-state index in [1.807, 2.05) is 0 Å². The molecule has 0 fully saturated rings. The Hall–Kier alpha value is -1.51. The van der Waals surface area contributed by atoms with Gasteiger partial charge in [-0.2, -0.15) is 0 Å². The standard InChI is InChI=1S/C42H80NO8P/c1-3-5-7-9-11-13-14-15-16-17-18-19-20-21-22-23-24-25-26-27-29-31-33-35-42(46)49-38-40(44)39-51-52(47,48)50-37-36-43-41(45)34-32-30-28-12-10-8-6-4-2/h11,13,15-16,40,44H,3-10,12,14,17-39H2,1-2H3,(H,43,45)(H,47,48)/b13-11-,16-15-. The van der Waals surface area contributed by atoms with Crippen molar-refractivity contribution in [3.8, 4) is 0 Å². The highest BCUT2D eigenvalue weighted by Crippen LogP contribution is 2.42. The maximum atomic E-state index is 12.0. The van der Waals surface area contributed by atoms with Crippen molar-refractivity contribution >= 4 is 19.7 Å². The lowest BCUT2D eigenvalue weighted by Crippen LogP contribution is -2.27. The third kappa shape index (κ3) is 39.7. The molecule has 0 aromatic carbocycles. The monoisotopic (exact) mass is 758 g/mol. The van der Waals surface area contributed by atoms with Gasteiger partial charge in [0.05, 0.1) is 13.2 Å². The third-order valence-corrected chi connectivity index (χ3v) is 10.1. The molecule has 0 heterocycles. The van der Waals surface area contributed by atoms with Crippen LogP contribution in [-0.4, -0.2) is 54.3 Å². The molecule has 0 aromatic rings. The second kappa shape index (κ2) is 39.2. The van der Waals surface area contributed by atoms with Gasteiger partial charge < -0.3 is 20.1 Å². The maximum Gasteiger partial charge on any atom is 0.472 e. The maximum absolute atomic E-state index is 12.0. The number of rotatable bonds is 40. The largest absolute Gasteiger partial charge is 0.472 e. The van der Waals surface area contributed by atoms with Crippen molar-refractivity contribution in [3.63, 3.8) is 0 Å². The molecule has 0 aromatic heterocycles. The van der Waals surface area contributed by atoms with Gasteiger partial charge in [0.15, 0.2) is 0 Å². The van der Waals surface area contributed by atoms with Crippen LogP contribution in [0.2, 0.25) is 0 Å². The summed E-state index contributed by atoms with van der Waals surface area (Å²) in [6, 6.07) is 0. The highest BCUT2D eigenvalue weighted by atomic mass is 31.2. The molecule has 0 rings (SSSR count). The van der Waals surface area contributed by atoms with Crippen molar-refractivity contribution in [2.24, 2.45) is 0 Å². The van der Waals surface area contributed by atoms with E-state index in [9.17, 15) is 24.2 Å². The fourth-order valence-electron chi connectivity index (χ4n) is 5.88. The van der Waals surface area contributed by atoms with Crippen LogP contribution in [0.3, 0.4) is 0 Å². The molecule has 2 atom stereocenters. The van der Waals surface area contributed by atoms with Crippen molar-refractivity contribution < 1.29 is 37.9 Å². The Morgan fingerprint density at radius 2 is 1.04 bits per heavy atom. The molecule has 0 saturated heterocycles. The van der Waals surface area contributed by atoms with Crippen molar-refractivity contribution in [2.45, 2.75) is 206 Å². The summed E-state index contributed by atoms with van der Waals surface area (Å²) in [5, 5.41) is 12.7. The van der Waals surface area contributed by atoms with Gasteiger partial charge >= 0.3 is 13.8 Å². The van der Waals surface area contributed by atoms with Gasteiger partial charge in [0.25, 0.3) is 0 Å². The SMILES string of the molecule is CCCCC/C=C\C/C=C\CCCCCCCCCCCCCCCC(=O)OCC(O)COP(=O)(O)OCCNC(=O)CCCCCCCCCC. The number of ether oxygens (including phenoxy) is 1. The number of hydrogen-bond donors (Lipinski definition) is 3. The van der Waals surface area contributed by atoms with Crippen molar-refractivity contribution in [1.29, 1.82) is 0 Å². The second-order valence-electron chi connectivity index (χ2n) is 14.3. The molecule has 0 bridgehead atoms. The minimum absolute atomic E-state index is 0.0842. The predicted octanol–water partition coefficient (Wildman–Crippen LogP) is 11.6. The van der Waals surface area contributed by atoms with Gasteiger partial charge in [0, 0.05) is 19.4 Å². The predicted molar refractivity (Wildman–Crippen MR) is 215 cm³/mol. The van der Waals surface area contributed by atoms with E-state index < -0.39 is 26.5 Å². The number of phosphoric ester groups is 1. The van der Waals surface area contributed by atoms with E-state index in [4.69, 9.17) is 13.8 Å². The summed E-state index contributed by atoms with van der Waals surface area (Å²) in [5.41, 5.74) is 0. The number of carbonyl (C=O) groups excluding carboxylic acids is 2. The minimum atomic E-state index is -4.40. The molecule has 1 amide bonds. The Morgan fingerprint density at radius 3 is 1.58 bits per heavy atom. The number of unbranched alkanes of at least 4 members (excludes halogenated alkanes) is 23. The van der Waals surface area contributed by atoms with Crippen molar-refractivity contribution in [2.75, 3.05) is 26.4 Å². The zero-order valence-corrected chi connectivity index (χ0v) is 34.4. The molecular weight excluding hydrogens is 677 g/mol. The molecule has 3 N–H and O–H groups in total. The van der Waals surface area contributed by atoms with Crippen LogP contribution in [0.1, 0.15) is 200 Å². The lowest BCUT2D eigenvalue weighted by Gasteiger charge is -2.15. The van der Waals surface area contributed by atoms with Gasteiger partial charge in [-0.3, -0.25) is 18.6 Å². The van der Waals surface area contributed by atoms with Crippen LogP contribution in [0.4, 0.5) is 0 Å². The molecule has 306 valence electrons. The zero-order valence-electron chi connectivity index (χ0n) is 33.5. The molecule has 0 aliphatic rings. The average Bonchev–Trinajstić information content (AvgIpc) is 3.13. The van der Waals surface area contributed by atoms with Gasteiger partial charge in [0.1, 0.15) is 12.7 Å². The van der Waals surface area contributed by atoms with Crippen molar-refractivity contribution in [3.05, 3.63) is 24.3 Å². The van der Waals surface area contributed by atoms with Crippen LogP contribution >= 0.6 is 7.82 Å². The van der Waals surface area contributed by atoms with Gasteiger partial charge in [-0.1, -0.05) is 167 Å². The number of allylic oxidation sites excluding steroid dienone is 4. The van der Waals surface area contributed by atoms with E-state index in [2.05, 4.69) is 43.5 Å². The molecule has 0 spiro atoms. The lowest BCUT2D eigenvalue weighted by molar-refractivity contribution is -0.147. The van der Waals surface area contributed by atoms with E-state index in [-0.39, 0.29) is 32.1 Å². The fourth-order valence-corrected chi connectivity index (χ4v) is 6.64. The summed E-state index contributed by atoms with van der Waals surface area (Å²) in [6.07, 6.45) is 41.2. The smallest absolute Gasteiger partial charge is 0.463 e. The fraction of sp³-hybridized carbons (Fsp3) is 0.857. The minimum Gasteiger partial charge on any atom is -0.463 e. The van der Waals surface area contributed by atoms with Gasteiger partial charge in [-0.15, -0.1) is 0 Å². The Kier molecular flexibility index (Phi) is 38.1. The summed E-state index contributed by atoms with van der Waals surface area (Å²) in [6.45, 7) is 3.50. The molecule has 2 unspecified atom stereocenters. The third-order valence-electron chi connectivity index (χ3n) is 9.13. The number of phosphoric acid groups is 1. The second-order valence-corrected chi connectivity index (χ2v) is 15.8. The number of esters is 1. The quantitative estimate of drug-likeness (QED) is 0.0244. The summed E-state index contributed by atoms with van der Waals surface area (Å²) >= 11 is 0. The zero-order chi connectivity index (χ0) is 38.2. The number of carbonyl (C=O) groups is 2. The molecule has 0 aliphatic carbocycles. The number of aliphatic hydroxyl groups excluding tert-OH is 1. The summed E-state index contributed by atoms with van der Waals surface area (Å²) in [4.78, 5) is 33.7. The van der Waals surface area contributed by atoms with Gasteiger partial charge in [-0.05, 0) is 44.9 Å². The summed E-state index contributed by atoms with van der Waals surface area (Å²) in [5.74, 6) is -0.517. The number of hydrogen-bond acceptors (Lipinski definition) is 7. The van der Waals surface area contributed by atoms with Crippen LogP contribution in [0.5, 0.6) is 0 Å². The lowest BCUT2D eigenvalue weighted by atomic mass is 10.0. The highest BCUT2D eigenvalue weighted by molar-refractivity contribution is 7.47.